The lowest BCUT2D eigenvalue weighted by Crippen LogP contribution is -2.50. The molecule has 3 heterocycles. The van der Waals surface area contributed by atoms with Gasteiger partial charge in [-0.1, -0.05) is 0 Å². The fourth-order valence-corrected chi connectivity index (χ4v) is 3.08. The van der Waals surface area contributed by atoms with Crippen molar-refractivity contribution in [1.29, 1.82) is 0 Å². The number of nitrogens with one attached hydrogen (secondary N) is 2. The highest BCUT2D eigenvalue weighted by Gasteiger charge is 2.29. The van der Waals surface area contributed by atoms with E-state index < -0.39 is 0 Å². The smallest absolute Gasteiger partial charge is 0.290 e. The Bertz CT molecular complexity index is 737. The molecule has 0 aromatic carbocycles. The van der Waals surface area contributed by atoms with Gasteiger partial charge in [0.05, 0.1) is 5.69 Å². The molecule has 4 rings (SSSR count). The number of rotatable bonds is 4. The van der Waals surface area contributed by atoms with Crippen LogP contribution in [0, 0.1) is 5.92 Å². The van der Waals surface area contributed by atoms with Crippen LogP contribution in [-0.4, -0.2) is 39.8 Å². The first-order chi connectivity index (χ1) is 10.8. The normalized spacial score (nSPS) is 17.2. The molecule has 22 heavy (non-hydrogen) atoms. The number of aromatic amines is 1. The van der Waals surface area contributed by atoms with E-state index in [1.54, 1.807) is 6.20 Å². The van der Waals surface area contributed by atoms with Gasteiger partial charge in [0.15, 0.2) is 11.6 Å². The monoisotopic (exact) mass is 298 g/mol. The average molecular weight is 298 g/mol. The molecule has 114 valence electrons. The summed E-state index contributed by atoms with van der Waals surface area (Å²) in [4.78, 5) is 20.4. The van der Waals surface area contributed by atoms with Gasteiger partial charge in [-0.25, -0.2) is 4.98 Å². The Hall–Kier alpha value is -2.44. The van der Waals surface area contributed by atoms with E-state index in [0.717, 1.165) is 44.0 Å². The van der Waals surface area contributed by atoms with Gasteiger partial charge in [-0.15, -0.1) is 5.10 Å². The van der Waals surface area contributed by atoms with Crippen molar-refractivity contribution in [3.63, 3.8) is 0 Å². The Balaban J connectivity index is 1.33. The molecule has 2 aromatic heterocycles. The zero-order valence-corrected chi connectivity index (χ0v) is 12.2. The van der Waals surface area contributed by atoms with E-state index >= 15 is 0 Å². The molecule has 1 aliphatic carbocycles. The maximum atomic E-state index is 11.5. The molecule has 1 aliphatic heterocycles. The van der Waals surface area contributed by atoms with Crippen molar-refractivity contribution >= 4 is 11.6 Å². The van der Waals surface area contributed by atoms with Crippen molar-refractivity contribution < 1.29 is 0 Å². The van der Waals surface area contributed by atoms with Gasteiger partial charge in [-0.05, 0) is 30.9 Å². The summed E-state index contributed by atoms with van der Waals surface area (Å²) in [5.41, 5.74) is 2.34. The molecule has 0 unspecified atom stereocenters. The molecule has 1 fully saturated rings. The highest BCUT2D eigenvalue weighted by molar-refractivity contribution is 5.45. The van der Waals surface area contributed by atoms with E-state index in [-0.39, 0.29) is 5.56 Å². The highest BCUT2D eigenvalue weighted by Crippen LogP contribution is 2.27. The largest absolute Gasteiger partial charge is 0.365 e. The number of nitrogens with zero attached hydrogens (tertiary/aromatic N) is 4. The van der Waals surface area contributed by atoms with Gasteiger partial charge in [0.2, 0.25) is 0 Å². The molecule has 0 spiro atoms. The van der Waals surface area contributed by atoms with Gasteiger partial charge in [0, 0.05) is 37.9 Å². The van der Waals surface area contributed by atoms with Crippen LogP contribution in [-0.2, 0) is 12.8 Å². The van der Waals surface area contributed by atoms with Crippen LogP contribution in [0.2, 0.25) is 0 Å². The first-order valence-electron chi connectivity index (χ1n) is 7.67. The molecule has 0 amide bonds. The maximum absolute atomic E-state index is 11.5. The number of fused-ring (bicyclic) bond motifs is 1. The molecular formula is C15H18N6O. The summed E-state index contributed by atoms with van der Waals surface area (Å²) >= 11 is 0. The van der Waals surface area contributed by atoms with Crippen molar-refractivity contribution in [2.24, 2.45) is 5.92 Å². The van der Waals surface area contributed by atoms with Crippen molar-refractivity contribution in [2.45, 2.75) is 19.3 Å². The Morgan fingerprint density at radius 1 is 1.32 bits per heavy atom. The summed E-state index contributed by atoms with van der Waals surface area (Å²) in [7, 11) is 0. The van der Waals surface area contributed by atoms with Crippen LogP contribution in [0.1, 0.15) is 17.7 Å². The number of aromatic nitrogens is 4. The van der Waals surface area contributed by atoms with Gasteiger partial charge in [0.1, 0.15) is 0 Å². The van der Waals surface area contributed by atoms with E-state index in [1.807, 2.05) is 0 Å². The lowest BCUT2D eigenvalue weighted by atomic mass is 10.00. The molecule has 0 bridgehead atoms. The van der Waals surface area contributed by atoms with E-state index in [9.17, 15) is 4.79 Å². The van der Waals surface area contributed by atoms with Crippen LogP contribution in [0.15, 0.2) is 23.3 Å². The van der Waals surface area contributed by atoms with E-state index in [4.69, 9.17) is 0 Å². The van der Waals surface area contributed by atoms with Crippen molar-refractivity contribution in [3.05, 3.63) is 40.1 Å². The minimum absolute atomic E-state index is 0.178. The van der Waals surface area contributed by atoms with Crippen LogP contribution < -0.4 is 15.8 Å². The number of hydrogen-bond acceptors (Lipinski definition) is 6. The van der Waals surface area contributed by atoms with E-state index in [0.29, 0.717) is 11.7 Å². The van der Waals surface area contributed by atoms with Crippen LogP contribution in [0.5, 0.6) is 0 Å². The summed E-state index contributed by atoms with van der Waals surface area (Å²) in [6.07, 6.45) is 6.49. The SMILES string of the molecule is O=c1[nH]ccnc1NCC1CN(c2cc3c(nn2)CCC3)C1. The van der Waals surface area contributed by atoms with Gasteiger partial charge in [-0.2, -0.15) is 5.10 Å². The van der Waals surface area contributed by atoms with Gasteiger partial charge in [0.25, 0.3) is 5.56 Å². The van der Waals surface area contributed by atoms with Crippen molar-refractivity contribution in [1.82, 2.24) is 20.2 Å². The minimum atomic E-state index is -0.178. The fourth-order valence-electron chi connectivity index (χ4n) is 3.08. The third-order valence-electron chi connectivity index (χ3n) is 4.35. The first-order valence-corrected chi connectivity index (χ1v) is 7.67. The number of H-pyrrole nitrogens is 1. The molecule has 7 heteroatoms. The predicted octanol–water partition coefficient (Wildman–Crippen LogP) is 0.597. The van der Waals surface area contributed by atoms with Crippen LogP contribution >= 0.6 is 0 Å². The standard InChI is InChI=1S/C15H18N6O/c22-15-14(16-4-5-17-15)18-7-10-8-21(9-10)13-6-11-2-1-3-12(11)19-20-13/h4-6,10H,1-3,7-9H2,(H,16,18)(H,17,22). The number of hydrogen-bond donors (Lipinski definition) is 2. The van der Waals surface area contributed by atoms with Gasteiger partial charge >= 0.3 is 0 Å². The topological polar surface area (TPSA) is 86.8 Å². The second-order valence-electron chi connectivity index (χ2n) is 5.95. The lowest BCUT2D eigenvalue weighted by Gasteiger charge is -2.40. The lowest BCUT2D eigenvalue weighted by molar-refractivity contribution is 0.425. The summed E-state index contributed by atoms with van der Waals surface area (Å²) in [5, 5.41) is 11.8. The number of anilines is 2. The predicted molar refractivity (Wildman–Crippen MR) is 83.1 cm³/mol. The maximum Gasteiger partial charge on any atom is 0.290 e. The molecule has 2 aromatic rings. The van der Waals surface area contributed by atoms with Gasteiger partial charge in [-0.3, -0.25) is 4.79 Å². The van der Waals surface area contributed by atoms with E-state index in [1.165, 1.54) is 18.2 Å². The van der Waals surface area contributed by atoms with Crippen LogP contribution in [0.3, 0.4) is 0 Å². The Morgan fingerprint density at radius 2 is 2.23 bits per heavy atom. The molecule has 0 radical (unpaired) electrons. The van der Waals surface area contributed by atoms with Crippen LogP contribution in [0.4, 0.5) is 11.6 Å². The Labute approximate surface area is 127 Å². The second kappa shape index (κ2) is 5.40. The molecule has 0 saturated carbocycles. The van der Waals surface area contributed by atoms with Crippen molar-refractivity contribution in [3.8, 4) is 0 Å². The average Bonchev–Trinajstić information content (AvgIpc) is 2.95. The molecule has 2 aliphatic rings. The summed E-state index contributed by atoms with van der Waals surface area (Å²) in [5.74, 6) is 1.86. The third-order valence-corrected chi connectivity index (χ3v) is 4.35. The molecule has 2 N–H and O–H groups in total. The molecule has 1 saturated heterocycles. The summed E-state index contributed by atoms with van der Waals surface area (Å²) in [6.45, 7) is 2.62. The third kappa shape index (κ3) is 2.43. The zero-order valence-electron chi connectivity index (χ0n) is 12.2. The Morgan fingerprint density at radius 3 is 3.09 bits per heavy atom. The summed E-state index contributed by atoms with van der Waals surface area (Å²) < 4.78 is 0. The fraction of sp³-hybridized carbons (Fsp3) is 0.467. The minimum Gasteiger partial charge on any atom is -0.365 e. The summed E-state index contributed by atoms with van der Waals surface area (Å²) in [6, 6.07) is 2.18. The second-order valence-corrected chi connectivity index (χ2v) is 5.95. The Kier molecular flexibility index (Phi) is 3.25. The highest BCUT2D eigenvalue weighted by atomic mass is 16.1. The molecule has 0 atom stereocenters. The molecular weight excluding hydrogens is 280 g/mol. The zero-order chi connectivity index (χ0) is 14.9. The van der Waals surface area contributed by atoms with E-state index in [2.05, 4.69) is 36.4 Å². The quantitative estimate of drug-likeness (QED) is 0.859. The van der Waals surface area contributed by atoms with Crippen molar-refractivity contribution in [2.75, 3.05) is 29.9 Å². The van der Waals surface area contributed by atoms with Crippen LogP contribution in [0.25, 0.3) is 0 Å². The first kappa shape index (κ1) is 13.2. The molecule has 7 nitrogen and oxygen atoms in total. The van der Waals surface area contributed by atoms with Gasteiger partial charge < -0.3 is 15.2 Å². The number of aryl methyl sites for hydroxylation is 2.